The number of ketones is 1. The molecule has 1 heterocycles. The number of piperidine rings is 1. The minimum Gasteiger partial charge on any atom is -0.293 e. The fourth-order valence-electron chi connectivity index (χ4n) is 3.23. The predicted octanol–water partition coefficient (Wildman–Crippen LogP) is 6.31. The van der Waals surface area contributed by atoms with Gasteiger partial charge >= 0.3 is 0 Å². The monoisotopic (exact) mass is 347 g/mol. The van der Waals surface area contributed by atoms with Gasteiger partial charge in [-0.25, -0.2) is 0 Å². The number of benzene rings is 1. The summed E-state index contributed by atoms with van der Waals surface area (Å²) in [6, 6.07) is 6.74. The van der Waals surface area contributed by atoms with E-state index in [9.17, 15) is 4.79 Å². The Morgan fingerprint density at radius 1 is 1.16 bits per heavy atom. The van der Waals surface area contributed by atoms with Gasteiger partial charge in [0.2, 0.25) is 0 Å². The highest BCUT2D eigenvalue weighted by Gasteiger charge is 2.26. The van der Waals surface area contributed by atoms with Crippen molar-refractivity contribution in [2.75, 3.05) is 13.1 Å². The van der Waals surface area contributed by atoms with Crippen LogP contribution < -0.4 is 0 Å². The van der Waals surface area contributed by atoms with E-state index in [1.54, 1.807) is 0 Å². The smallest absolute Gasteiger partial charge is 0.171 e. The maximum Gasteiger partial charge on any atom is 0.171 e. The minimum absolute atomic E-state index is 0. The SMILES string of the molecule is C.C=CC(=O)C(C)N1CCC(c2ccc(C)cc2C)CC1.CC.CC. The Balaban J connectivity index is 0. The first kappa shape index (κ1) is 25.8. The number of hydrogen-bond donors (Lipinski definition) is 0. The summed E-state index contributed by atoms with van der Waals surface area (Å²) in [6.45, 7) is 19.9. The van der Waals surface area contributed by atoms with Crippen LogP contribution in [0.1, 0.15) is 77.5 Å². The molecule has 1 fully saturated rings. The molecule has 0 aliphatic carbocycles. The molecular formula is C23H41NO. The van der Waals surface area contributed by atoms with Crippen molar-refractivity contribution in [2.24, 2.45) is 0 Å². The van der Waals surface area contributed by atoms with Crippen LogP contribution in [0.4, 0.5) is 0 Å². The molecule has 2 rings (SSSR count). The van der Waals surface area contributed by atoms with Crippen molar-refractivity contribution in [3.05, 3.63) is 47.5 Å². The summed E-state index contributed by atoms with van der Waals surface area (Å²) >= 11 is 0. The number of nitrogens with zero attached hydrogens (tertiary/aromatic N) is 1. The maximum atomic E-state index is 11.7. The first-order valence-corrected chi connectivity index (χ1v) is 9.50. The van der Waals surface area contributed by atoms with E-state index in [0.29, 0.717) is 5.92 Å². The Kier molecular flexibility index (Phi) is 14.3. The van der Waals surface area contributed by atoms with Crippen molar-refractivity contribution >= 4 is 5.78 Å². The summed E-state index contributed by atoms with van der Waals surface area (Å²) < 4.78 is 0. The average molecular weight is 348 g/mol. The average Bonchev–Trinajstić information content (AvgIpc) is 2.64. The largest absolute Gasteiger partial charge is 0.293 e. The summed E-state index contributed by atoms with van der Waals surface area (Å²) in [6.07, 6.45) is 3.72. The Bertz CT molecular complexity index is 499. The van der Waals surface area contributed by atoms with Gasteiger partial charge in [-0.1, -0.05) is 65.5 Å². The zero-order valence-corrected chi connectivity index (χ0v) is 16.9. The Labute approximate surface area is 157 Å². The molecule has 1 aromatic rings. The van der Waals surface area contributed by atoms with E-state index in [2.05, 4.69) is 43.5 Å². The lowest BCUT2D eigenvalue weighted by molar-refractivity contribution is -0.119. The molecule has 1 aromatic carbocycles. The molecule has 25 heavy (non-hydrogen) atoms. The van der Waals surface area contributed by atoms with Crippen molar-refractivity contribution in [1.29, 1.82) is 0 Å². The third-order valence-electron chi connectivity index (χ3n) is 4.56. The van der Waals surface area contributed by atoms with Crippen molar-refractivity contribution < 1.29 is 4.79 Å². The molecule has 0 N–H and O–H groups in total. The first-order chi connectivity index (χ1) is 11.5. The second-order valence-corrected chi connectivity index (χ2v) is 5.95. The van der Waals surface area contributed by atoms with E-state index in [1.807, 2.05) is 34.6 Å². The second-order valence-electron chi connectivity index (χ2n) is 5.95. The molecule has 0 radical (unpaired) electrons. The van der Waals surface area contributed by atoms with Gasteiger partial charge in [0.1, 0.15) is 0 Å². The zero-order valence-electron chi connectivity index (χ0n) is 16.9. The summed E-state index contributed by atoms with van der Waals surface area (Å²) in [5, 5.41) is 0. The Morgan fingerprint density at radius 2 is 1.68 bits per heavy atom. The molecule has 2 nitrogen and oxygen atoms in total. The quantitative estimate of drug-likeness (QED) is 0.594. The van der Waals surface area contributed by atoms with Crippen molar-refractivity contribution in [2.45, 2.75) is 80.7 Å². The number of carbonyl (C=O) groups is 1. The minimum atomic E-state index is -0.0208. The van der Waals surface area contributed by atoms with Crippen molar-refractivity contribution in [3.8, 4) is 0 Å². The number of hydrogen-bond acceptors (Lipinski definition) is 2. The highest BCUT2D eigenvalue weighted by Crippen LogP contribution is 2.31. The summed E-state index contributed by atoms with van der Waals surface area (Å²) in [5.74, 6) is 0.771. The first-order valence-electron chi connectivity index (χ1n) is 9.50. The van der Waals surface area contributed by atoms with E-state index >= 15 is 0 Å². The highest BCUT2D eigenvalue weighted by atomic mass is 16.1. The van der Waals surface area contributed by atoms with Gasteiger partial charge in [0.05, 0.1) is 6.04 Å². The molecule has 0 bridgehead atoms. The van der Waals surface area contributed by atoms with Gasteiger partial charge in [-0.2, -0.15) is 0 Å². The van der Waals surface area contributed by atoms with Crippen LogP contribution in [0, 0.1) is 13.8 Å². The van der Waals surface area contributed by atoms with Gasteiger partial charge < -0.3 is 0 Å². The van der Waals surface area contributed by atoms with E-state index in [1.165, 1.54) is 22.8 Å². The molecular weight excluding hydrogens is 306 g/mol. The van der Waals surface area contributed by atoms with Gasteiger partial charge in [-0.15, -0.1) is 0 Å². The van der Waals surface area contributed by atoms with Crippen LogP contribution >= 0.6 is 0 Å². The molecule has 1 aliphatic heterocycles. The number of likely N-dealkylation sites (tertiary alicyclic amines) is 1. The van der Waals surface area contributed by atoms with E-state index < -0.39 is 0 Å². The molecule has 1 atom stereocenters. The van der Waals surface area contributed by atoms with Gasteiger partial charge in [-0.3, -0.25) is 9.69 Å². The molecule has 1 saturated heterocycles. The van der Waals surface area contributed by atoms with E-state index in [-0.39, 0.29) is 19.3 Å². The van der Waals surface area contributed by atoms with Crippen LogP contribution in [-0.4, -0.2) is 29.8 Å². The summed E-state index contributed by atoms with van der Waals surface area (Å²) in [7, 11) is 0. The van der Waals surface area contributed by atoms with E-state index in [4.69, 9.17) is 0 Å². The molecule has 0 aromatic heterocycles. The lowest BCUT2D eigenvalue weighted by Crippen LogP contribution is -2.43. The number of aryl methyl sites for hydroxylation is 2. The fraction of sp³-hybridized carbons (Fsp3) is 0.609. The van der Waals surface area contributed by atoms with Crippen molar-refractivity contribution in [1.82, 2.24) is 4.90 Å². The second kappa shape index (κ2) is 13.8. The van der Waals surface area contributed by atoms with Crippen LogP contribution in [0.5, 0.6) is 0 Å². The molecule has 0 amide bonds. The summed E-state index contributed by atoms with van der Waals surface area (Å²) in [5.41, 5.74) is 4.21. The lowest BCUT2D eigenvalue weighted by Gasteiger charge is -2.35. The van der Waals surface area contributed by atoms with Gasteiger partial charge in [0.25, 0.3) is 0 Å². The topological polar surface area (TPSA) is 20.3 Å². The van der Waals surface area contributed by atoms with Crippen LogP contribution in [0.3, 0.4) is 0 Å². The third kappa shape index (κ3) is 7.56. The maximum absolute atomic E-state index is 11.7. The van der Waals surface area contributed by atoms with Gasteiger partial charge in [0.15, 0.2) is 5.78 Å². The predicted molar refractivity (Wildman–Crippen MR) is 114 cm³/mol. The Hall–Kier alpha value is -1.41. The molecule has 2 heteroatoms. The molecule has 144 valence electrons. The number of carbonyl (C=O) groups excluding carboxylic acids is 1. The normalized spacial score (nSPS) is 15.5. The third-order valence-corrected chi connectivity index (χ3v) is 4.56. The van der Waals surface area contributed by atoms with Crippen LogP contribution in [0.2, 0.25) is 0 Å². The number of rotatable bonds is 4. The summed E-state index contributed by atoms with van der Waals surface area (Å²) in [4.78, 5) is 14.0. The lowest BCUT2D eigenvalue weighted by atomic mass is 9.86. The fourth-order valence-corrected chi connectivity index (χ4v) is 3.23. The van der Waals surface area contributed by atoms with Crippen molar-refractivity contribution in [3.63, 3.8) is 0 Å². The highest BCUT2D eigenvalue weighted by molar-refractivity contribution is 5.93. The van der Waals surface area contributed by atoms with Crippen LogP contribution in [0.15, 0.2) is 30.9 Å². The molecule has 1 unspecified atom stereocenters. The standard InChI is InChI=1S/C18H25NO.2C2H6.CH4/c1-5-18(20)15(4)19-10-8-16(9-11-19)17-7-6-13(2)12-14(17)3;2*1-2;/h5-7,12,15-16H,1,8-11H2,2-4H3;2*1-2H3;1H4. The van der Waals surface area contributed by atoms with Crippen LogP contribution in [0.25, 0.3) is 0 Å². The van der Waals surface area contributed by atoms with Gasteiger partial charge in [0, 0.05) is 0 Å². The molecule has 0 saturated carbocycles. The molecule has 0 spiro atoms. The van der Waals surface area contributed by atoms with Gasteiger partial charge in [-0.05, 0) is 69.8 Å². The molecule has 1 aliphatic rings. The Morgan fingerprint density at radius 3 is 2.12 bits per heavy atom. The zero-order chi connectivity index (χ0) is 18.7. The van der Waals surface area contributed by atoms with E-state index in [0.717, 1.165) is 25.9 Å². The van der Waals surface area contributed by atoms with Crippen LogP contribution in [-0.2, 0) is 4.79 Å².